The maximum atomic E-state index is 13.2. The number of aromatic nitrogens is 1. The summed E-state index contributed by atoms with van der Waals surface area (Å²) in [6, 6.07) is 8.90. The normalized spacial score (nSPS) is 21.8. The highest BCUT2D eigenvalue weighted by molar-refractivity contribution is 7.11. The number of rotatable bonds is 6. The number of likely N-dealkylation sites (tertiary alicyclic amines) is 1. The number of hydrogen-bond acceptors (Lipinski definition) is 6. The third-order valence-corrected chi connectivity index (χ3v) is 7.40. The van der Waals surface area contributed by atoms with Crippen molar-refractivity contribution in [3.8, 4) is 5.75 Å². The van der Waals surface area contributed by atoms with Gasteiger partial charge in [-0.3, -0.25) is 9.69 Å². The first-order valence-corrected chi connectivity index (χ1v) is 12.0. The van der Waals surface area contributed by atoms with Crippen LogP contribution in [0, 0.1) is 13.8 Å². The standard InChI is InChI=1S/C24H34N4O2S/c1-17-23(31-18(2)25-17)12-24(29)28-11-7-9-20(28)15-27-13-19-8-5-6-10-22(19)30-16-21(27)14-26(3)4/h5-6,8,10,20-21H,7,9,11-16H2,1-4H3/t20-,21-/m0/s1. The molecule has 7 heteroatoms. The van der Waals surface area contributed by atoms with Crippen LogP contribution < -0.4 is 4.74 Å². The summed E-state index contributed by atoms with van der Waals surface area (Å²) in [5.41, 5.74) is 2.23. The molecule has 168 valence electrons. The molecule has 2 aromatic rings. The molecular formula is C24H34N4O2S. The fourth-order valence-electron chi connectivity index (χ4n) is 4.82. The summed E-state index contributed by atoms with van der Waals surface area (Å²) < 4.78 is 6.17. The smallest absolute Gasteiger partial charge is 0.228 e. The summed E-state index contributed by atoms with van der Waals surface area (Å²) in [7, 11) is 4.22. The minimum Gasteiger partial charge on any atom is -0.492 e. The van der Waals surface area contributed by atoms with E-state index in [1.165, 1.54) is 5.56 Å². The van der Waals surface area contributed by atoms with Crippen LogP contribution in [-0.2, 0) is 17.8 Å². The summed E-state index contributed by atoms with van der Waals surface area (Å²) in [6.45, 7) is 8.24. The van der Waals surface area contributed by atoms with Crippen LogP contribution in [0.4, 0.5) is 0 Å². The summed E-state index contributed by atoms with van der Waals surface area (Å²) in [4.78, 5) is 25.7. The van der Waals surface area contributed by atoms with Gasteiger partial charge >= 0.3 is 0 Å². The number of amides is 1. The first-order valence-electron chi connectivity index (χ1n) is 11.2. The van der Waals surface area contributed by atoms with Crippen LogP contribution in [0.15, 0.2) is 24.3 Å². The first-order chi connectivity index (χ1) is 14.9. The third-order valence-electron chi connectivity index (χ3n) is 6.32. The molecule has 1 aromatic heterocycles. The van der Waals surface area contributed by atoms with Crippen molar-refractivity contribution >= 4 is 17.2 Å². The largest absolute Gasteiger partial charge is 0.492 e. The zero-order valence-corrected chi connectivity index (χ0v) is 20.0. The number of nitrogens with zero attached hydrogens (tertiary/aromatic N) is 4. The molecule has 0 unspecified atom stereocenters. The molecule has 6 nitrogen and oxygen atoms in total. The number of carbonyl (C=O) groups excluding carboxylic acids is 1. The van der Waals surface area contributed by atoms with E-state index in [0.29, 0.717) is 19.1 Å². The lowest BCUT2D eigenvalue weighted by Gasteiger charge is -2.35. The topological polar surface area (TPSA) is 48.9 Å². The molecule has 31 heavy (non-hydrogen) atoms. The highest BCUT2D eigenvalue weighted by Crippen LogP contribution is 2.28. The Morgan fingerprint density at radius 2 is 2.06 bits per heavy atom. The highest BCUT2D eigenvalue weighted by Gasteiger charge is 2.34. The van der Waals surface area contributed by atoms with Gasteiger partial charge in [-0.25, -0.2) is 4.98 Å². The predicted octanol–water partition coefficient (Wildman–Crippen LogP) is 3.12. The summed E-state index contributed by atoms with van der Waals surface area (Å²) in [6.07, 6.45) is 2.62. The molecule has 4 rings (SSSR count). The lowest BCUT2D eigenvalue weighted by atomic mass is 10.1. The maximum Gasteiger partial charge on any atom is 0.228 e. The highest BCUT2D eigenvalue weighted by atomic mass is 32.1. The van der Waals surface area contributed by atoms with E-state index in [-0.39, 0.29) is 11.9 Å². The maximum absolute atomic E-state index is 13.2. The van der Waals surface area contributed by atoms with Crippen molar-refractivity contribution in [2.45, 2.75) is 51.7 Å². The summed E-state index contributed by atoms with van der Waals surface area (Å²) in [5.74, 6) is 1.23. The van der Waals surface area contributed by atoms with Gasteiger partial charge < -0.3 is 14.5 Å². The number of carbonyl (C=O) groups is 1. The summed E-state index contributed by atoms with van der Waals surface area (Å²) >= 11 is 1.65. The average Bonchev–Trinajstić information content (AvgIpc) is 3.26. The van der Waals surface area contributed by atoms with Crippen LogP contribution >= 0.6 is 11.3 Å². The van der Waals surface area contributed by atoms with E-state index in [2.05, 4.69) is 52.0 Å². The van der Waals surface area contributed by atoms with Crippen LogP contribution in [0.1, 0.15) is 34.0 Å². The number of aryl methyl sites for hydroxylation is 2. The quantitative estimate of drug-likeness (QED) is 0.688. The fraction of sp³-hybridized carbons (Fsp3) is 0.583. The van der Waals surface area contributed by atoms with Crippen molar-refractivity contribution in [2.24, 2.45) is 0 Å². The second-order valence-corrected chi connectivity index (χ2v) is 10.4. The Balaban J connectivity index is 1.49. The molecule has 0 spiro atoms. The van der Waals surface area contributed by atoms with Crippen molar-refractivity contribution in [1.82, 2.24) is 19.7 Å². The molecule has 2 aliphatic rings. The van der Waals surface area contributed by atoms with E-state index < -0.39 is 0 Å². The minimum absolute atomic E-state index is 0.241. The number of ether oxygens (including phenoxy) is 1. The van der Waals surface area contributed by atoms with Gasteiger partial charge in [-0.15, -0.1) is 11.3 Å². The molecule has 1 amide bonds. The Morgan fingerprint density at radius 3 is 2.81 bits per heavy atom. The molecule has 1 aromatic carbocycles. The van der Waals surface area contributed by atoms with E-state index in [1.54, 1.807) is 11.3 Å². The molecule has 0 N–H and O–H groups in total. The van der Waals surface area contributed by atoms with Gasteiger partial charge in [0.1, 0.15) is 12.4 Å². The second kappa shape index (κ2) is 9.67. The first kappa shape index (κ1) is 22.2. The Bertz CT molecular complexity index is 913. The van der Waals surface area contributed by atoms with Crippen LogP contribution in [0.5, 0.6) is 5.75 Å². The molecule has 1 saturated heterocycles. The Kier molecular flexibility index (Phi) is 6.94. The predicted molar refractivity (Wildman–Crippen MR) is 125 cm³/mol. The monoisotopic (exact) mass is 442 g/mol. The number of hydrogen-bond donors (Lipinski definition) is 0. The molecule has 3 heterocycles. The van der Waals surface area contributed by atoms with E-state index in [0.717, 1.165) is 60.3 Å². The van der Waals surface area contributed by atoms with Gasteiger partial charge in [-0.2, -0.15) is 0 Å². The molecule has 2 atom stereocenters. The zero-order chi connectivity index (χ0) is 22.0. The van der Waals surface area contributed by atoms with Gasteiger partial charge in [0.2, 0.25) is 5.91 Å². The van der Waals surface area contributed by atoms with Crippen molar-refractivity contribution in [3.63, 3.8) is 0 Å². The van der Waals surface area contributed by atoms with Gasteiger partial charge in [0.25, 0.3) is 0 Å². The van der Waals surface area contributed by atoms with Gasteiger partial charge in [0.15, 0.2) is 0 Å². The van der Waals surface area contributed by atoms with Crippen molar-refractivity contribution in [3.05, 3.63) is 45.4 Å². The second-order valence-electron chi connectivity index (χ2n) is 9.07. The van der Waals surface area contributed by atoms with Crippen LogP contribution in [0.2, 0.25) is 0 Å². The average molecular weight is 443 g/mol. The Hall–Kier alpha value is -1.96. The third kappa shape index (κ3) is 5.27. The molecule has 2 aliphatic heterocycles. The Labute approximate surface area is 189 Å². The lowest BCUT2D eigenvalue weighted by molar-refractivity contribution is -0.131. The number of benzene rings is 1. The number of para-hydroxylation sites is 1. The Morgan fingerprint density at radius 1 is 1.26 bits per heavy atom. The van der Waals surface area contributed by atoms with E-state index in [9.17, 15) is 4.79 Å². The molecule has 0 bridgehead atoms. The number of fused-ring (bicyclic) bond motifs is 1. The lowest BCUT2D eigenvalue weighted by Crippen LogP contribution is -2.50. The number of thiazole rings is 1. The van der Waals surface area contributed by atoms with E-state index in [1.807, 2.05) is 19.9 Å². The van der Waals surface area contributed by atoms with Crippen molar-refractivity contribution < 1.29 is 9.53 Å². The fourth-order valence-corrected chi connectivity index (χ4v) is 5.75. The molecule has 1 fully saturated rings. The van der Waals surface area contributed by atoms with Crippen LogP contribution in [-0.4, -0.2) is 78.0 Å². The van der Waals surface area contributed by atoms with Crippen LogP contribution in [0.3, 0.4) is 0 Å². The SMILES string of the molecule is Cc1nc(C)c(CC(=O)N2CCC[C@H]2CN2Cc3ccccc3OC[C@@H]2CN(C)C)s1. The van der Waals surface area contributed by atoms with Crippen molar-refractivity contribution in [1.29, 1.82) is 0 Å². The number of likely N-dealkylation sites (N-methyl/N-ethyl adjacent to an activating group) is 1. The molecule has 0 aliphatic carbocycles. The molecular weight excluding hydrogens is 408 g/mol. The minimum atomic E-state index is 0.241. The van der Waals surface area contributed by atoms with E-state index >= 15 is 0 Å². The van der Waals surface area contributed by atoms with Gasteiger partial charge in [-0.1, -0.05) is 18.2 Å². The van der Waals surface area contributed by atoms with Gasteiger partial charge in [-0.05, 0) is 46.9 Å². The zero-order valence-electron chi connectivity index (χ0n) is 19.1. The van der Waals surface area contributed by atoms with Gasteiger partial charge in [0, 0.05) is 42.7 Å². The van der Waals surface area contributed by atoms with E-state index in [4.69, 9.17) is 4.74 Å². The summed E-state index contributed by atoms with van der Waals surface area (Å²) in [5, 5.41) is 1.04. The van der Waals surface area contributed by atoms with Gasteiger partial charge in [0.05, 0.1) is 23.2 Å². The molecule has 0 radical (unpaired) electrons. The van der Waals surface area contributed by atoms with Crippen molar-refractivity contribution in [2.75, 3.05) is 40.3 Å². The van der Waals surface area contributed by atoms with Crippen LogP contribution in [0.25, 0.3) is 0 Å². The molecule has 0 saturated carbocycles.